The highest BCUT2D eigenvalue weighted by Gasteiger charge is 2.18. The first kappa shape index (κ1) is 15.7. The largest absolute Gasteiger partial charge is 0.496 e. The van der Waals surface area contributed by atoms with Gasteiger partial charge < -0.3 is 4.74 Å². The zero-order valence-corrected chi connectivity index (χ0v) is 13.7. The van der Waals surface area contributed by atoms with Crippen LogP contribution in [0.25, 0.3) is 0 Å². The summed E-state index contributed by atoms with van der Waals surface area (Å²) in [6.45, 7) is 3.90. The second-order valence-electron chi connectivity index (χ2n) is 4.11. The van der Waals surface area contributed by atoms with Gasteiger partial charge in [-0.1, -0.05) is 13.3 Å². The second kappa shape index (κ2) is 6.72. The van der Waals surface area contributed by atoms with E-state index >= 15 is 0 Å². The van der Waals surface area contributed by atoms with Gasteiger partial charge in [-0.15, -0.1) is 0 Å². The third-order valence-corrected chi connectivity index (χ3v) is 4.94. The number of nitrogens with one attached hydrogen (secondary N) is 1. The van der Waals surface area contributed by atoms with Crippen LogP contribution in [0.3, 0.4) is 0 Å². The molecular formula is C12H18INO3S. The first-order valence-corrected chi connectivity index (χ1v) is 8.32. The molecule has 0 saturated heterocycles. The Labute approximate surface area is 122 Å². The van der Waals surface area contributed by atoms with Crippen LogP contribution < -0.4 is 9.46 Å². The van der Waals surface area contributed by atoms with Gasteiger partial charge in [-0.3, -0.25) is 0 Å². The van der Waals surface area contributed by atoms with Crippen molar-refractivity contribution in [2.45, 2.75) is 37.6 Å². The van der Waals surface area contributed by atoms with Crippen LogP contribution in [0.4, 0.5) is 0 Å². The summed E-state index contributed by atoms with van der Waals surface area (Å²) in [7, 11) is -1.88. The molecule has 1 aromatic rings. The van der Waals surface area contributed by atoms with Crippen molar-refractivity contribution < 1.29 is 13.2 Å². The molecule has 0 amide bonds. The van der Waals surface area contributed by atoms with Gasteiger partial charge in [-0.25, -0.2) is 13.1 Å². The van der Waals surface area contributed by atoms with Crippen LogP contribution in [0.1, 0.15) is 26.7 Å². The second-order valence-corrected chi connectivity index (χ2v) is 6.98. The first-order chi connectivity index (χ1) is 8.40. The number of hydrogen-bond acceptors (Lipinski definition) is 3. The van der Waals surface area contributed by atoms with Gasteiger partial charge in [0.25, 0.3) is 0 Å². The average molecular weight is 383 g/mol. The van der Waals surface area contributed by atoms with E-state index in [4.69, 9.17) is 4.74 Å². The van der Waals surface area contributed by atoms with E-state index in [1.54, 1.807) is 25.3 Å². The van der Waals surface area contributed by atoms with Gasteiger partial charge >= 0.3 is 0 Å². The fourth-order valence-electron chi connectivity index (χ4n) is 1.64. The molecule has 1 N–H and O–H groups in total. The number of methoxy groups -OCH3 is 1. The molecule has 0 bridgehead atoms. The maximum Gasteiger partial charge on any atom is 0.240 e. The predicted molar refractivity (Wildman–Crippen MR) is 80.4 cm³/mol. The van der Waals surface area contributed by atoms with E-state index in [1.807, 2.05) is 13.8 Å². The zero-order chi connectivity index (χ0) is 13.8. The fourth-order valence-corrected chi connectivity index (χ4v) is 3.89. The van der Waals surface area contributed by atoms with E-state index in [-0.39, 0.29) is 10.9 Å². The molecule has 0 spiro atoms. The van der Waals surface area contributed by atoms with Crippen molar-refractivity contribution in [2.75, 3.05) is 7.11 Å². The average Bonchev–Trinajstić information content (AvgIpc) is 2.28. The van der Waals surface area contributed by atoms with E-state index in [0.717, 1.165) is 16.4 Å². The SMILES string of the molecule is CCC[C@@H](C)NS(=O)(=O)c1ccc(OC)c(I)c1. The minimum Gasteiger partial charge on any atom is -0.496 e. The molecule has 0 heterocycles. The number of rotatable bonds is 6. The summed E-state index contributed by atoms with van der Waals surface area (Å²) in [5.41, 5.74) is 0. The van der Waals surface area contributed by atoms with Crippen LogP contribution in [-0.4, -0.2) is 21.6 Å². The molecule has 1 aromatic carbocycles. The summed E-state index contributed by atoms with van der Waals surface area (Å²) in [5.74, 6) is 0.677. The Morgan fingerprint density at radius 1 is 1.44 bits per heavy atom. The van der Waals surface area contributed by atoms with Gasteiger partial charge in [0.1, 0.15) is 5.75 Å². The quantitative estimate of drug-likeness (QED) is 0.769. The third-order valence-electron chi connectivity index (χ3n) is 2.51. The Kier molecular flexibility index (Phi) is 5.87. The molecule has 0 aliphatic heterocycles. The maximum atomic E-state index is 12.1. The van der Waals surface area contributed by atoms with Crippen molar-refractivity contribution >= 4 is 32.6 Å². The van der Waals surface area contributed by atoms with Crippen LogP contribution in [0.5, 0.6) is 5.75 Å². The Balaban J connectivity index is 2.95. The van der Waals surface area contributed by atoms with Crippen LogP contribution in [-0.2, 0) is 10.0 Å². The van der Waals surface area contributed by atoms with Crippen LogP contribution in [0.15, 0.2) is 23.1 Å². The molecule has 1 rings (SSSR count). The van der Waals surface area contributed by atoms with Crippen LogP contribution in [0.2, 0.25) is 0 Å². The summed E-state index contributed by atoms with van der Waals surface area (Å²) in [6, 6.07) is 4.78. The summed E-state index contributed by atoms with van der Waals surface area (Å²) >= 11 is 2.06. The van der Waals surface area contributed by atoms with Crippen molar-refractivity contribution in [1.82, 2.24) is 4.72 Å². The highest BCUT2D eigenvalue weighted by molar-refractivity contribution is 14.1. The molecule has 0 unspecified atom stereocenters. The lowest BCUT2D eigenvalue weighted by molar-refractivity contribution is 0.411. The maximum absolute atomic E-state index is 12.1. The summed E-state index contributed by atoms with van der Waals surface area (Å²) in [4.78, 5) is 0.274. The minimum atomic E-state index is -3.44. The summed E-state index contributed by atoms with van der Waals surface area (Å²) < 4.78 is 32.8. The standard InChI is InChI=1S/C12H18INO3S/c1-4-5-9(2)14-18(15,16)10-6-7-12(17-3)11(13)8-10/h6-9,14H,4-5H2,1-3H3/t9-/m1/s1. The molecule has 6 heteroatoms. The Morgan fingerprint density at radius 3 is 2.61 bits per heavy atom. The summed E-state index contributed by atoms with van der Waals surface area (Å²) in [5, 5.41) is 0. The first-order valence-electron chi connectivity index (χ1n) is 5.76. The van der Waals surface area contributed by atoms with Gasteiger partial charge in [0.15, 0.2) is 0 Å². The lowest BCUT2D eigenvalue weighted by atomic mass is 10.2. The fraction of sp³-hybridized carbons (Fsp3) is 0.500. The van der Waals surface area contributed by atoms with Gasteiger partial charge in [0.2, 0.25) is 10.0 Å². The molecule has 0 fully saturated rings. The Bertz CT molecular complexity index is 502. The van der Waals surface area contributed by atoms with E-state index in [2.05, 4.69) is 27.3 Å². The van der Waals surface area contributed by atoms with Gasteiger partial charge in [0.05, 0.1) is 15.6 Å². The highest BCUT2D eigenvalue weighted by atomic mass is 127. The normalized spacial score (nSPS) is 13.3. The number of hydrogen-bond donors (Lipinski definition) is 1. The topological polar surface area (TPSA) is 55.4 Å². The molecular weight excluding hydrogens is 365 g/mol. The number of ether oxygens (including phenoxy) is 1. The molecule has 0 aromatic heterocycles. The Hall–Kier alpha value is -0.340. The van der Waals surface area contributed by atoms with E-state index in [0.29, 0.717) is 5.75 Å². The molecule has 0 aliphatic rings. The Morgan fingerprint density at radius 2 is 2.11 bits per heavy atom. The highest BCUT2D eigenvalue weighted by Crippen LogP contribution is 2.24. The van der Waals surface area contributed by atoms with Crippen molar-refractivity contribution in [3.05, 3.63) is 21.8 Å². The van der Waals surface area contributed by atoms with Gasteiger partial charge in [-0.2, -0.15) is 0 Å². The number of sulfonamides is 1. The number of benzene rings is 1. The van der Waals surface area contributed by atoms with Crippen molar-refractivity contribution in [3.8, 4) is 5.75 Å². The predicted octanol–water partition coefficient (Wildman–Crippen LogP) is 2.77. The molecule has 0 radical (unpaired) electrons. The minimum absolute atomic E-state index is 0.0558. The van der Waals surface area contributed by atoms with Gasteiger partial charge in [0, 0.05) is 6.04 Å². The van der Waals surface area contributed by atoms with Crippen LogP contribution in [0, 0.1) is 3.57 Å². The molecule has 4 nitrogen and oxygen atoms in total. The lowest BCUT2D eigenvalue weighted by Gasteiger charge is -2.14. The van der Waals surface area contributed by atoms with E-state index < -0.39 is 10.0 Å². The number of halogens is 1. The molecule has 1 atom stereocenters. The van der Waals surface area contributed by atoms with Crippen molar-refractivity contribution in [1.29, 1.82) is 0 Å². The van der Waals surface area contributed by atoms with E-state index in [9.17, 15) is 8.42 Å². The van der Waals surface area contributed by atoms with Crippen LogP contribution >= 0.6 is 22.6 Å². The molecule has 18 heavy (non-hydrogen) atoms. The molecule has 102 valence electrons. The molecule has 0 saturated carbocycles. The van der Waals surface area contributed by atoms with Crippen molar-refractivity contribution in [2.24, 2.45) is 0 Å². The van der Waals surface area contributed by atoms with E-state index in [1.165, 1.54) is 0 Å². The van der Waals surface area contributed by atoms with Gasteiger partial charge in [-0.05, 0) is 54.1 Å². The molecule has 0 aliphatic carbocycles. The third kappa shape index (κ3) is 4.10. The summed E-state index contributed by atoms with van der Waals surface area (Å²) in [6.07, 6.45) is 1.77. The lowest BCUT2D eigenvalue weighted by Crippen LogP contribution is -2.32. The monoisotopic (exact) mass is 383 g/mol. The zero-order valence-electron chi connectivity index (χ0n) is 10.7. The smallest absolute Gasteiger partial charge is 0.240 e. The van der Waals surface area contributed by atoms with Crippen molar-refractivity contribution in [3.63, 3.8) is 0 Å².